The standard InChI is InChI=1S/C11H13N5O/c12-11(13)16-15-10(17)6-8-5-7-3-1-2-4-9(7)14-8/h1-5,14H,6H2,(H,15,17)(H4,12,13,16). The summed E-state index contributed by atoms with van der Waals surface area (Å²) in [4.78, 5) is 14.6. The van der Waals surface area contributed by atoms with Gasteiger partial charge in [0.1, 0.15) is 0 Å². The average molecular weight is 231 g/mol. The van der Waals surface area contributed by atoms with Crippen molar-refractivity contribution in [3.05, 3.63) is 36.0 Å². The molecule has 0 aliphatic carbocycles. The van der Waals surface area contributed by atoms with Crippen molar-refractivity contribution in [3.63, 3.8) is 0 Å². The highest BCUT2D eigenvalue weighted by Crippen LogP contribution is 2.14. The van der Waals surface area contributed by atoms with Gasteiger partial charge in [-0.1, -0.05) is 18.2 Å². The van der Waals surface area contributed by atoms with Gasteiger partial charge >= 0.3 is 0 Å². The van der Waals surface area contributed by atoms with Crippen LogP contribution in [0, 0.1) is 5.41 Å². The van der Waals surface area contributed by atoms with E-state index in [0.717, 1.165) is 16.6 Å². The topological polar surface area (TPSA) is 107 Å². The van der Waals surface area contributed by atoms with E-state index < -0.39 is 0 Å². The number of amides is 1. The van der Waals surface area contributed by atoms with Crippen LogP contribution >= 0.6 is 0 Å². The molecule has 1 aromatic carbocycles. The summed E-state index contributed by atoms with van der Waals surface area (Å²) in [5.74, 6) is -0.554. The van der Waals surface area contributed by atoms with Crippen LogP contribution in [-0.4, -0.2) is 16.9 Å². The molecule has 0 atom stereocenters. The minimum absolute atomic E-state index is 0.203. The number of guanidine groups is 1. The number of carbonyl (C=O) groups is 1. The number of carbonyl (C=O) groups excluding carboxylic acids is 1. The lowest BCUT2D eigenvalue weighted by molar-refractivity contribution is -0.121. The van der Waals surface area contributed by atoms with Crippen LogP contribution in [0.3, 0.4) is 0 Å². The maximum Gasteiger partial charge on any atom is 0.244 e. The third-order valence-electron chi connectivity index (χ3n) is 2.27. The van der Waals surface area contributed by atoms with Gasteiger partial charge in [-0.2, -0.15) is 0 Å². The Bertz CT molecular complexity index is 527. The molecule has 6 heteroatoms. The van der Waals surface area contributed by atoms with Crippen LogP contribution in [0.25, 0.3) is 10.9 Å². The van der Waals surface area contributed by atoms with Crippen molar-refractivity contribution in [2.24, 2.45) is 5.73 Å². The quantitative estimate of drug-likeness (QED) is 0.290. The van der Waals surface area contributed by atoms with Crippen molar-refractivity contribution in [3.8, 4) is 0 Å². The predicted octanol–water partition coefficient (Wildman–Crippen LogP) is 0.225. The van der Waals surface area contributed by atoms with Crippen molar-refractivity contribution in [1.82, 2.24) is 15.8 Å². The number of H-pyrrole nitrogens is 1. The third-order valence-corrected chi connectivity index (χ3v) is 2.27. The molecule has 6 nitrogen and oxygen atoms in total. The second kappa shape index (κ2) is 4.56. The Kier molecular flexibility index (Phi) is 2.95. The number of para-hydroxylation sites is 1. The number of hydrazine groups is 1. The lowest BCUT2D eigenvalue weighted by atomic mass is 10.2. The molecule has 2 aromatic rings. The van der Waals surface area contributed by atoms with Crippen molar-refractivity contribution in [2.45, 2.75) is 6.42 Å². The average Bonchev–Trinajstić information content (AvgIpc) is 2.68. The molecule has 17 heavy (non-hydrogen) atoms. The van der Waals surface area contributed by atoms with E-state index in [0.29, 0.717) is 0 Å². The zero-order valence-corrected chi connectivity index (χ0v) is 9.08. The minimum Gasteiger partial charge on any atom is -0.369 e. The number of aromatic amines is 1. The van der Waals surface area contributed by atoms with Gasteiger partial charge in [0.25, 0.3) is 0 Å². The molecule has 0 saturated carbocycles. The number of hydrogen-bond acceptors (Lipinski definition) is 2. The fraction of sp³-hybridized carbons (Fsp3) is 0.0909. The second-order valence-electron chi connectivity index (χ2n) is 3.65. The Labute approximate surface area is 97.7 Å². The van der Waals surface area contributed by atoms with Gasteiger partial charge in [0.05, 0.1) is 6.42 Å². The molecule has 1 amide bonds. The molecule has 0 bridgehead atoms. The molecule has 0 aliphatic rings. The van der Waals surface area contributed by atoms with Crippen LogP contribution in [0.5, 0.6) is 0 Å². The highest BCUT2D eigenvalue weighted by molar-refractivity contribution is 5.85. The summed E-state index contributed by atoms with van der Waals surface area (Å²) in [5, 5.41) is 7.96. The molecule has 88 valence electrons. The molecule has 2 rings (SSSR count). The summed E-state index contributed by atoms with van der Waals surface area (Å²) in [6, 6.07) is 9.71. The van der Waals surface area contributed by atoms with Crippen molar-refractivity contribution >= 4 is 22.8 Å². The van der Waals surface area contributed by atoms with Gasteiger partial charge in [0, 0.05) is 11.2 Å². The third kappa shape index (κ3) is 2.75. The van der Waals surface area contributed by atoms with Gasteiger partial charge in [-0.15, -0.1) is 0 Å². The summed E-state index contributed by atoms with van der Waals surface area (Å²) in [7, 11) is 0. The van der Waals surface area contributed by atoms with Gasteiger partial charge in [-0.05, 0) is 17.5 Å². The maximum absolute atomic E-state index is 11.4. The van der Waals surface area contributed by atoms with E-state index in [2.05, 4.69) is 15.8 Å². The van der Waals surface area contributed by atoms with E-state index in [-0.39, 0.29) is 18.3 Å². The Morgan fingerprint density at radius 1 is 1.35 bits per heavy atom. The highest BCUT2D eigenvalue weighted by atomic mass is 16.2. The predicted molar refractivity (Wildman–Crippen MR) is 65.2 cm³/mol. The number of nitrogens with two attached hydrogens (primary N) is 1. The fourth-order valence-electron chi connectivity index (χ4n) is 1.58. The van der Waals surface area contributed by atoms with Gasteiger partial charge in [-0.3, -0.25) is 21.1 Å². The number of benzene rings is 1. The summed E-state index contributed by atoms with van der Waals surface area (Å²) in [6.07, 6.45) is 0.203. The first kappa shape index (κ1) is 11.0. The van der Waals surface area contributed by atoms with Gasteiger partial charge in [0.2, 0.25) is 11.9 Å². The summed E-state index contributed by atoms with van der Waals surface area (Å²) in [5.41, 5.74) is 11.4. The first-order chi connectivity index (χ1) is 8.15. The van der Waals surface area contributed by atoms with Crippen LogP contribution in [0.1, 0.15) is 5.69 Å². The SMILES string of the molecule is N=C(N)NNC(=O)Cc1cc2ccccc2[nH]1. The summed E-state index contributed by atoms with van der Waals surface area (Å²) >= 11 is 0. The van der Waals surface area contributed by atoms with Crippen LogP contribution in [0.2, 0.25) is 0 Å². The van der Waals surface area contributed by atoms with E-state index in [1.165, 1.54) is 0 Å². The van der Waals surface area contributed by atoms with E-state index in [1.54, 1.807) is 0 Å². The Hall–Kier alpha value is -2.50. The van der Waals surface area contributed by atoms with Crippen LogP contribution in [0.4, 0.5) is 0 Å². The number of rotatable bonds is 2. The summed E-state index contributed by atoms with van der Waals surface area (Å²) < 4.78 is 0. The lowest BCUT2D eigenvalue weighted by Crippen LogP contribution is -2.45. The molecule has 0 spiro atoms. The van der Waals surface area contributed by atoms with E-state index in [1.807, 2.05) is 30.3 Å². The Morgan fingerprint density at radius 3 is 2.82 bits per heavy atom. The number of aromatic nitrogens is 1. The number of fused-ring (bicyclic) bond motifs is 1. The molecule has 0 fully saturated rings. The molecule has 6 N–H and O–H groups in total. The van der Waals surface area contributed by atoms with E-state index in [4.69, 9.17) is 11.1 Å². The Morgan fingerprint density at radius 2 is 2.12 bits per heavy atom. The first-order valence-corrected chi connectivity index (χ1v) is 5.10. The van der Waals surface area contributed by atoms with Crippen LogP contribution < -0.4 is 16.6 Å². The molecular formula is C11H13N5O. The minimum atomic E-state index is -0.296. The zero-order valence-electron chi connectivity index (χ0n) is 9.08. The van der Waals surface area contributed by atoms with Crippen molar-refractivity contribution in [1.29, 1.82) is 5.41 Å². The molecule has 1 heterocycles. The molecule has 0 aliphatic heterocycles. The first-order valence-electron chi connectivity index (χ1n) is 5.10. The zero-order chi connectivity index (χ0) is 12.3. The monoisotopic (exact) mass is 231 g/mol. The molecule has 0 radical (unpaired) electrons. The van der Waals surface area contributed by atoms with E-state index in [9.17, 15) is 4.79 Å². The fourth-order valence-corrected chi connectivity index (χ4v) is 1.58. The summed E-state index contributed by atoms with van der Waals surface area (Å²) in [6.45, 7) is 0. The smallest absolute Gasteiger partial charge is 0.244 e. The van der Waals surface area contributed by atoms with Gasteiger partial charge in [-0.25, -0.2) is 0 Å². The van der Waals surface area contributed by atoms with Crippen molar-refractivity contribution < 1.29 is 4.79 Å². The van der Waals surface area contributed by atoms with Crippen LogP contribution in [-0.2, 0) is 11.2 Å². The Balaban J connectivity index is 2.03. The molecule has 1 aromatic heterocycles. The largest absolute Gasteiger partial charge is 0.369 e. The highest BCUT2D eigenvalue weighted by Gasteiger charge is 2.05. The van der Waals surface area contributed by atoms with E-state index >= 15 is 0 Å². The number of hydrogen-bond donors (Lipinski definition) is 5. The number of nitrogens with one attached hydrogen (secondary N) is 4. The lowest BCUT2D eigenvalue weighted by Gasteiger charge is -2.04. The van der Waals surface area contributed by atoms with Gasteiger partial charge in [0.15, 0.2) is 0 Å². The van der Waals surface area contributed by atoms with Crippen molar-refractivity contribution in [2.75, 3.05) is 0 Å². The second-order valence-corrected chi connectivity index (χ2v) is 3.65. The molecular weight excluding hydrogens is 218 g/mol. The molecule has 0 saturated heterocycles. The normalized spacial score (nSPS) is 10.1. The maximum atomic E-state index is 11.4. The molecule has 0 unspecified atom stereocenters. The van der Waals surface area contributed by atoms with Gasteiger partial charge < -0.3 is 10.7 Å². The van der Waals surface area contributed by atoms with Crippen LogP contribution in [0.15, 0.2) is 30.3 Å².